The third-order valence-corrected chi connectivity index (χ3v) is 4.95. The summed E-state index contributed by atoms with van der Waals surface area (Å²) < 4.78 is 12.6. The molecule has 0 radical (unpaired) electrons. The topological polar surface area (TPSA) is 82.4 Å². The molecule has 0 unspecified atom stereocenters. The zero-order valence-corrected chi connectivity index (χ0v) is 18.0. The summed E-state index contributed by atoms with van der Waals surface area (Å²) in [4.78, 5) is 23.7. The lowest BCUT2D eigenvalue weighted by Gasteiger charge is -2.13. The van der Waals surface area contributed by atoms with Crippen molar-refractivity contribution in [1.29, 1.82) is 0 Å². The second-order valence-electron chi connectivity index (χ2n) is 6.19. The SMILES string of the molecule is CCCc1cc(C(=O)OC)ccc1OCCCNc1cnn(CC)c(=O)c1Br. The van der Waals surface area contributed by atoms with E-state index in [9.17, 15) is 9.59 Å². The van der Waals surface area contributed by atoms with Crippen molar-refractivity contribution in [2.24, 2.45) is 0 Å². The minimum atomic E-state index is -0.350. The number of benzene rings is 1. The van der Waals surface area contributed by atoms with Crippen LogP contribution in [0.4, 0.5) is 5.69 Å². The maximum absolute atomic E-state index is 12.0. The molecule has 0 spiro atoms. The Labute approximate surface area is 173 Å². The number of nitrogens with zero attached hydrogens (tertiary/aromatic N) is 2. The van der Waals surface area contributed by atoms with Gasteiger partial charge in [0.05, 0.1) is 31.2 Å². The van der Waals surface area contributed by atoms with Gasteiger partial charge in [0.25, 0.3) is 5.56 Å². The van der Waals surface area contributed by atoms with Crippen molar-refractivity contribution in [2.45, 2.75) is 39.7 Å². The maximum atomic E-state index is 12.0. The smallest absolute Gasteiger partial charge is 0.337 e. The van der Waals surface area contributed by atoms with Gasteiger partial charge in [-0.15, -0.1) is 0 Å². The number of aromatic nitrogens is 2. The van der Waals surface area contributed by atoms with Crippen molar-refractivity contribution < 1.29 is 14.3 Å². The average molecular weight is 452 g/mol. The Balaban J connectivity index is 1.90. The number of hydrogen-bond acceptors (Lipinski definition) is 6. The van der Waals surface area contributed by atoms with E-state index in [1.807, 2.05) is 19.1 Å². The third kappa shape index (κ3) is 5.58. The first-order valence-corrected chi connectivity index (χ1v) is 10.1. The number of esters is 1. The lowest BCUT2D eigenvalue weighted by molar-refractivity contribution is 0.0600. The average Bonchev–Trinajstić information content (AvgIpc) is 2.71. The lowest BCUT2D eigenvalue weighted by Crippen LogP contribution is -2.24. The second kappa shape index (κ2) is 10.8. The largest absolute Gasteiger partial charge is 0.493 e. The molecule has 0 aliphatic carbocycles. The van der Waals surface area contributed by atoms with Crippen molar-refractivity contribution in [3.8, 4) is 5.75 Å². The Kier molecular flexibility index (Phi) is 8.50. The van der Waals surface area contributed by atoms with Crippen molar-refractivity contribution in [2.75, 3.05) is 25.6 Å². The molecule has 0 saturated carbocycles. The fourth-order valence-corrected chi connectivity index (χ4v) is 3.17. The van der Waals surface area contributed by atoms with Gasteiger partial charge >= 0.3 is 5.97 Å². The van der Waals surface area contributed by atoms with E-state index < -0.39 is 0 Å². The standard InChI is InChI=1S/C20H26BrN3O4/c1-4-7-14-12-15(20(26)27-3)8-9-17(14)28-11-6-10-22-16-13-23-24(5-2)19(25)18(16)21/h8-9,12-13,22H,4-7,10-11H2,1-3H3. The Morgan fingerprint density at radius 2 is 2.11 bits per heavy atom. The zero-order valence-electron chi connectivity index (χ0n) is 16.5. The van der Waals surface area contributed by atoms with E-state index >= 15 is 0 Å². The number of ether oxygens (including phenoxy) is 2. The number of rotatable bonds is 10. The summed E-state index contributed by atoms with van der Waals surface area (Å²) in [7, 11) is 1.37. The summed E-state index contributed by atoms with van der Waals surface area (Å²) in [6, 6.07) is 5.36. The Hall–Kier alpha value is -2.35. The van der Waals surface area contributed by atoms with Gasteiger partial charge < -0.3 is 14.8 Å². The number of carbonyl (C=O) groups excluding carboxylic acids is 1. The molecule has 1 heterocycles. The molecule has 8 heteroatoms. The van der Waals surface area contributed by atoms with Crippen LogP contribution in [0, 0.1) is 0 Å². The van der Waals surface area contributed by atoms with Crippen molar-refractivity contribution in [3.63, 3.8) is 0 Å². The molecular weight excluding hydrogens is 426 g/mol. The zero-order chi connectivity index (χ0) is 20.5. The maximum Gasteiger partial charge on any atom is 0.337 e. The molecule has 7 nitrogen and oxygen atoms in total. The molecule has 1 aromatic carbocycles. The van der Waals surface area contributed by atoms with E-state index in [-0.39, 0.29) is 11.5 Å². The highest BCUT2D eigenvalue weighted by Gasteiger charge is 2.11. The van der Waals surface area contributed by atoms with Gasteiger partial charge in [0.1, 0.15) is 10.2 Å². The molecule has 0 aliphatic heterocycles. The first-order chi connectivity index (χ1) is 13.5. The first kappa shape index (κ1) is 21.9. The fourth-order valence-electron chi connectivity index (χ4n) is 2.72. The number of methoxy groups -OCH3 is 1. The molecule has 1 N–H and O–H groups in total. The normalized spacial score (nSPS) is 10.6. The van der Waals surface area contributed by atoms with Crippen LogP contribution in [-0.2, 0) is 17.7 Å². The number of carbonyl (C=O) groups is 1. The van der Waals surface area contributed by atoms with Gasteiger partial charge in [-0.3, -0.25) is 4.79 Å². The molecule has 0 amide bonds. The van der Waals surface area contributed by atoms with Crippen LogP contribution in [-0.4, -0.2) is 36.0 Å². The summed E-state index contributed by atoms with van der Waals surface area (Å²) in [5, 5.41) is 7.31. The Morgan fingerprint density at radius 1 is 1.32 bits per heavy atom. The number of halogens is 1. The lowest BCUT2D eigenvalue weighted by atomic mass is 10.1. The summed E-state index contributed by atoms with van der Waals surface area (Å²) in [5.41, 5.74) is 2.04. The summed E-state index contributed by atoms with van der Waals surface area (Å²) >= 11 is 3.32. The molecule has 1 aromatic heterocycles. The van der Waals surface area contributed by atoms with Crippen LogP contribution in [0.25, 0.3) is 0 Å². The molecule has 0 bridgehead atoms. The predicted molar refractivity (Wildman–Crippen MR) is 112 cm³/mol. The highest BCUT2D eigenvalue weighted by molar-refractivity contribution is 9.10. The quantitative estimate of drug-likeness (QED) is 0.438. The van der Waals surface area contributed by atoms with E-state index in [1.54, 1.807) is 12.3 Å². The Morgan fingerprint density at radius 3 is 2.79 bits per heavy atom. The van der Waals surface area contributed by atoms with Crippen molar-refractivity contribution in [1.82, 2.24) is 9.78 Å². The third-order valence-electron chi connectivity index (χ3n) is 4.18. The Bertz CT molecular complexity index is 867. The van der Waals surface area contributed by atoms with Crippen LogP contribution >= 0.6 is 15.9 Å². The summed E-state index contributed by atoms with van der Waals surface area (Å²) in [6.45, 7) is 5.63. The van der Waals surface area contributed by atoms with Gasteiger partial charge in [-0.25, -0.2) is 9.48 Å². The van der Waals surface area contributed by atoms with Gasteiger partial charge in [0, 0.05) is 13.1 Å². The van der Waals surface area contributed by atoms with Gasteiger partial charge in [-0.05, 0) is 59.5 Å². The van der Waals surface area contributed by atoms with Crippen molar-refractivity contribution in [3.05, 3.63) is 50.3 Å². The molecule has 0 fully saturated rings. The van der Waals surface area contributed by atoms with Gasteiger partial charge in [0.15, 0.2) is 0 Å². The molecular formula is C20H26BrN3O4. The minimum Gasteiger partial charge on any atom is -0.493 e. The number of hydrogen-bond donors (Lipinski definition) is 1. The monoisotopic (exact) mass is 451 g/mol. The van der Waals surface area contributed by atoms with Crippen LogP contribution in [0.1, 0.15) is 42.6 Å². The van der Waals surface area contributed by atoms with Crippen LogP contribution < -0.4 is 15.6 Å². The van der Waals surface area contributed by atoms with Gasteiger partial charge in [-0.1, -0.05) is 13.3 Å². The molecule has 2 rings (SSSR count). The molecule has 0 aliphatic rings. The molecule has 2 aromatic rings. The fraction of sp³-hybridized carbons (Fsp3) is 0.450. The van der Waals surface area contributed by atoms with E-state index in [0.29, 0.717) is 35.4 Å². The highest BCUT2D eigenvalue weighted by Crippen LogP contribution is 2.23. The second-order valence-corrected chi connectivity index (χ2v) is 6.98. The van der Waals surface area contributed by atoms with Crippen LogP contribution in [0.3, 0.4) is 0 Å². The molecule has 0 saturated heterocycles. The van der Waals surface area contributed by atoms with Crippen LogP contribution in [0.2, 0.25) is 0 Å². The molecule has 152 valence electrons. The van der Waals surface area contributed by atoms with Crippen molar-refractivity contribution >= 4 is 27.6 Å². The van der Waals surface area contributed by atoms with E-state index in [0.717, 1.165) is 30.6 Å². The highest BCUT2D eigenvalue weighted by atomic mass is 79.9. The van der Waals surface area contributed by atoms with Gasteiger partial charge in [-0.2, -0.15) is 5.10 Å². The van der Waals surface area contributed by atoms with E-state index in [2.05, 4.69) is 33.3 Å². The van der Waals surface area contributed by atoms with E-state index in [1.165, 1.54) is 11.8 Å². The van der Waals surface area contributed by atoms with Crippen LogP contribution in [0.15, 0.2) is 33.7 Å². The summed E-state index contributed by atoms with van der Waals surface area (Å²) in [6.07, 6.45) is 4.16. The number of nitrogens with one attached hydrogen (secondary N) is 1. The van der Waals surface area contributed by atoms with E-state index in [4.69, 9.17) is 9.47 Å². The minimum absolute atomic E-state index is 0.154. The number of anilines is 1. The van der Waals surface area contributed by atoms with Crippen LogP contribution in [0.5, 0.6) is 5.75 Å². The van der Waals surface area contributed by atoms with Gasteiger partial charge in [0.2, 0.25) is 0 Å². The predicted octanol–water partition coefficient (Wildman–Crippen LogP) is 3.65. The molecule has 0 atom stereocenters. The summed E-state index contributed by atoms with van der Waals surface area (Å²) in [5.74, 6) is 0.431. The first-order valence-electron chi connectivity index (χ1n) is 9.35. The number of aryl methyl sites for hydroxylation is 2. The molecule has 28 heavy (non-hydrogen) atoms.